The molecule has 0 fully saturated rings. The fraction of sp³-hybridized carbons (Fsp3) is 0.154. The van der Waals surface area contributed by atoms with E-state index in [4.69, 9.17) is 13.6 Å². The van der Waals surface area contributed by atoms with Crippen molar-refractivity contribution >= 4 is 11.8 Å². The molecule has 0 bridgehead atoms. The van der Waals surface area contributed by atoms with Gasteiger partial charge in [0.15, 0.2) is 5.76 Å². The average molecular weight is 444 g/mol. The lowest BCUT2D eigenvalue weighted by molar-refractivity contribution is 0.0681. The summed E-state index contributed by atoms with van der Waals surface area (Å²) in [7, 11) is 1.59. The molecule has 0 unspecified atom stereocenters. The minimum Gasteiger partial charge on any atom is -0.486 e. The van der Waals surface area contributed by atoms with Crippen molar-refractivity contribution in [1.82, 2.24) is 10.2 Å². The van der Waals surface area contributed by atoms with E-state index in [1.807, 2.05) is 48.5 Å². The molecular weight excluding hydrogens is 420 g/mol. The van der Waals surface area contributed by atoms with Crippen molar-refractivity contribution in [3.63, 3.8) is 0 Å². The minimum absolute atomic E-state index is 0.161. The van der Waals surface area contributed by atoms with Gasteiger partial charge in [0.2, 0.25) is 0 Å². The number of hydrogen-bond donors (Lipinski definition) is 1. The first-order valence-electron chi connectivity index (χ1n) is 10.5. The first-order valence-corrected chi connectivity index (χ1v) is 10.5. The van der Waals surface area contributed by atoms with Gasteiger partial charge in [0.05, 0.1) is 12.8 Å². The molecule has 2 aromatic carbocycles. The van der Waals surface area contributed by atoms with E-state index >= 15 is 0 Å². The highest BCUT2D eigenvalue weighted by molar-refractivity contribution is 5.94. The molecule has 168 valence electrons. The maximum absolute atomic E-state index is 13.3. The van der Waals surface area contributed by atoms with Gasteiger partial charge in [-0.3, -0.25) is 9.59 Å². The molecule has 1 N–H and O–H groups in total. The summed E-state index contributed by atoms with van der Waals surface area (Å²) < 4.78 is 16.9. The zero-order chi connectivity index (χ0) is 23.0. The number of hydrogen-bond acceptors (Lipinski definition) is 5. The van der Waals surface area contributed by atoms with Gasteiger partial charge in [-0.1, -0.05) is 30.3 Å². The molecule has 0 aliphatic rings. The van der Waals surface area contributed by atoms with Crippen LogP contribution < -0.4 is 10.1 Å². The fourth-order valence-electron chi connectivity index (χ4n) is 3.31. The highest BCUT2D eigenvalue weighted by Crippen LogP contribution is 2.19. The standard InChI is InChI=1S/C26H24N2O5/c1-27-25(29)20-11-9-19(10-12-20)16-28(17-22-8-5-15-31-22)26(30)24-14-13-23(33-24)18-32-21-6-3-2-4-7-21/h2-15H,16-18H2,1H3,(H,27,29). The number of nitrogens with one attached hydrogen (secondary N) is 1. The van der Waals surface area contributed by atoms with E-state index in [2.05, 4.69) is 5.32 Å². The third kappa shape index (κ3) is 5.71. The Morgan fingerprint density at radius 1 is 0.879 bits per heavy atom. The van der Waals surface area contributed by atoms with Crippen LogP contribution in [-0.2, 0) is 19.7 Å². The van der Waals surface area contributed by atoms with Crippen molar-refractivity contribution in [2.45, 2.75) is 19.7 Å². The second kappa shape index (κ2) is 10.4. The topological polar surface area (TPSA) is 84.9 Å². The Kier molecular flexibility index (Phi) is 6.90. The summed E-state index contributed by atoms with van der Waals surface area (Å²) in [5.41, 5.74) is 1.43. The number of furan rings is 2. The van der Waals surface area contributed by atoms with Crippen LogP contribution in [0.4, 0.5) is 0 Å². The number of amides is 2. The first kappa shape index (κ1) is 22.0. The van der Waals surface area contributed by atoms with Gasteiger partial charge in [-0.2, -0.15) is 0 Å². The quantitative estimate of drug-likeness (QED) is 0.406. The molecule has 4 rings (SSSR count). The van der Waals surface area contributed by atoms with Crippen LogP contribution in [-0.4, -0.2) is 23.8 Å². The molecule has 7 heteroatoms. The summed E-state index contributed by atoms with van der Waals surface area (Å²) in [4.78, 5) is 26.7. The molecule has 0 radical (unpaired) electrons. The van der Waals surface area contributed by atoms with Crippen molar-refractivity contribution < 1.29 is 23.2 Å². The Bertz CT molecular complexity index is 1180. The molecule has 0 aliphatic heterocycles. The lowest BCUT2D eigenvalue weighted by atomic mass is 10.1. The highest BCUT2D eigenvalue weighted by atomic mass is 16.5. The van der Waals surface area contributed by atoms with E-state index in [0.717, 1.165) is 11.3 Å². The lowest BCUT2D eigenvalue weighted by Crippen LogP contribution is -2.29. The lowest BCUT2D eigenvalue weighted by Gasteiger charge is -2.21. The van der Waals surface area contributed by atoms with Gasteiger partial charge in [0.25, 0.3) is 11.8 Å². The van der Waals surface area contributed by atoms with Crippen LogP contribution >= 0.6 is 0 Å². The van der Waals surface area contributed by atoms with E-state index in [0.29, 0.717) is 23.6 Å². The summed E-state index contributed by atoms with van der Waals surface area (Å²) in [5.74, 6) is 1.72. The summed E-state index contributed by atoms with van der Waals surface area (Å²) in [6.45, 7) is 0.820. The smallest absolute Gasteiger partial charge is 0.290 e. The van der Waals surface area contributed by atoms with Gasteiger partial charge in [-0.15, -0.1) is 0 Å². The van der Waals surface area contributed by atoms with Gasteiger partial charge in [-0.05, 0) is 54.1 Å². The average Bonchev–Trinajstić information content (AvgIpc) is 3.55. The van der Waals surface area contributed by atoms with Gasteiger partial charge in [0, 0.05) is 19.2 Å². The minimum atomic E-state index is -0.271. The van der Waals surface area contributed by atoms with E-state index in [1.165, 1.54) is 0 Å². The summed E-state index contributed by atoms with van der Waals surface area (Å²) in [6, 6.07) is 23.5. The van der Waals surface area contributed by atoms with E-state index in [-0.39, 0.29) is 30.7 Å². The second-order valence-corrected chi connectivity index (χ2v) is 7.38. The predicted octanol–water partition coefficient (Wildman–Crippen LogP) is 4.65. The molecule has 2 amide bonds. The van der Waals surface area contributed by atoms with Crippen LogP contribution in [0.5, 0.6) is 5.75 Å². The summed E-state index contributed by atoms with van der Waals surface area (Å²) >= 11 is 0. The third-order valence-corrected chi connectivity index (χ3v) is 5.03. The second-order valence-electron chi connectivity index (χ2n) is 7.38. The highest BCUT2D eigenvalue weighted by Gasteiger charge is 2.21. The van der Waals surface area contributed by atoms with Gasteiger partial charge in [0.1, 0.15) is 23.9 Å². The van der Waals surface area contributed by atoms with E-state index < -0.39 is 0 Å². The van der Waals surface area contributed by atoms with Crippen LogP contribution in [0.3, 0.4) is 0 Å². The van der Waals surface area contributed by atoms with Crippen molar-refractivity contribution in [3.8, 4) is 5.75 Å². The Morgan fingerprint density at radius 3 is 2.36 bits per heavy atom. The van der Waals surface area contributed by atoms with E-state index in [1.54, 1.807) is 48.5 Å². The Balaban J connectivity index is 1.48. The Hall–Kier alpha value is -4.26. The largest absolute Gasteiger partial charge is 0.486 e. The molecule has 0 atom stereocenters. The maximum Gasteiger partial charge on any atom is 0.290 e. The zero-order valence-corrected chi connectivity index (χ0v) is 18.2. The number of rotatable bonds is 9. The van der Waals surface area contributed by atoms with Gasteiger partial charge >= 0.3 is 0 Å². The number of carbonyl (C=O) groups is 2. The van der Waals surface area contributed by atoms with Gasteiger partial charge < -0.3 is 23.8 Å². The SMILES string of the molecule is CNC(=O)c1ccc(CN(Cc2ccco2)C(=O)c2ccc(COc3ccccc3)o2)cc1. The maximum atomic E-state index is 13.3. The van der Waals surface area contributed by atoms with Crippen LogP contribution in [0.2, 0.25) is 0 Å². The molecular formula is C26H24N2O5. The number of carbonyl (C=O) groups excluding carboxylic acids is 2. The van der Waals surface area contributed by atoms with Crippen molar-refractivity contribution in [2.75, 3.05) is 7.05 Å². The summed E-state index contributed by atoms with van der Waals surface area (Å²) in [6.07, 6.45) is 1.57. The summed E-state index contributed by atoms with van der Waals surface area (Å²) in [5, 5.41) is 2.60. The molecule has 33 heavy (non-hydrogen) atoms. The zero-order valence-electron chi connectivity index (χ0n) is 18.2. The molecule has 0 spiro atoms. The van der Waals surface area contributed by atoms with Crippen molar-refractivity contribution in [3.05, 3.63) is 114 Å². The first-order chi connectivity index (χ1) is 16.1. The number of para-hydroxylation sites is 1. The monoisotopic (exact) mass is 444 g/mol. The van der Waals surface area contributed by atoms with Crippen molar-refractivity contribution in [1.29, 1.82) is 0 Å². The molecule has 4 aromatic rings. The number of benzene rings is 2. The van der Waals surface area contributed by atoms with Crippen LogP contribution in [0.25, 0.3) is 0 Å². The molecule has 2 aromatic heterocycles. The number of nitrogens with zero attached hydrogens (tertiary/aromatic N) is 1. The van der Waals surface area contributed by atoms with E-state index in [9.17, 15) is 9.59 Å². The van der Waals surface area contributed by atoms with Crippen LogP contribution in [0.1, 0.15) is 38.0 Å². The molecule has 0 saturated heterocycles. The normalized spacial score (nSPS) is 10.6. The fourth-order valence-corrected chi connectivity index (χ4v) is 3.31. The predicted molar refractivity (Wildman–Crippen MR) is 122 cm³/mol. The van der Waals surface area contributed by atoms with Crippen LogP contribution in [0.15, 0.2) is 94.0 Å². The van der Waals surface area contributed by atoms with Crippen molar-refractivity contribution in [2.24, 2.45) is 0 Å². The van der Waals surface area contributed by atoms with Crippen LogP contribution in [0, 0.1) is 0 Å². The van der Waals surface area contributed by atoms with Gasteiger partial charge in [-0.25, -0.2) is 0 Å². The molecule has 7 nitrogen and oxygen atoms in total. The third-order valence-electron chi connectivity index (χ3n) is 5.03. The molecule has 0 aliphatic carbocycles. The Morgan fingerprint density at radius 2 is 1.67 bits per heavy atom. The number of ether oxygens (including phenoxy) is 1. The molecule has 2 heterocycles. The Labute approximate surface area is 191 Å². The molecule has 0 saturated carbocycles.